The molecule has 1 heterocycles. The summed E-state index contributed by atoms with van der Waals surface area (Å²) in [6.07, 6.45) is 2.01. The molecule has 0 unspecified atom stereocenters. The third-order valence-electron chi connectivity index (χ3n) is 2.77. The summed E-state index contributed by atoms with van der Waals surface area (Å²) in [4.78, 5) is 22.2. The molecule has 0 saturated carbocycles. The van der Waals surface area contributed by atoms with E-state index in [1.165, 1.54) is 16.4 Å². The second-order valence-corrected chi connectivity index (χ2v) is 4.31. The van der Waals surface area contributed by atoms with Gasteiger partial charge in [0.25, 0.3) is 0 Å². The van der Waals surface area contributed by atoms with E-state index in [-0.39, 0.29) is 18.1 Å². The number of aromatic nitrogens is 3. The number of nitrogens with zero attached hydrogens (tertiary/aromatic N) is 3. The molecule has 2 rings (SSSR count). The van der Waals surface area contributed by atoms with Crippen LogP contribution in [0.1, 0.15) is 21.6 Å². The standard InChI is InChI=1S/C13H14N4O2/c1-9-3-4-11(5-10(9)2)14-13(19)7-17-6-12(8-18)15-16-17/h3-6,8H,7H2,1-2H3,(H,14,19). The Hall–Kier alpha value is -2.50. The molecule has 6 heteroatoms. The lowest BCUT2D eigenvalue weighted by atomic mass is 10.1. The maximum absolute atomic E-state index is 11.8. The van der Waals surface area contributed by atoms with Crippen molar-refractivity contribution in [1.82, 2.24) is 15.0 Å². The molecule has 1 aromatic carbocycles. The molecule has 1 amide bonds. The van der Waals surface area contributed by atoms with Crippen LogP contribution in [0.2, 0.25) is 0 Å². The van der Waals surface area contributed by atoms with E-state index >= 15 is 0 Å². The number of hydrogen-bond acceptors (Lipinski definition) is 4. The zero-order valence-corrected chi connectivity index (χ0v) is 10.8. The number of rotatable bonds is 4. The topological polar surface area (TPSA) is 76.9 Å². The first-order valence-electron chi connectivity index (χ1n) is 5.81. The van der Waals surface area contributed by atoms with Gasteiger partial charge in [-0.3, -0.25) is 9.59 Å². The van der Waals surface area contributed by atoms with Crippen molar-refractivity contribution in [2.75, 3.05) is 5.32 Å². The second kappa shape index (κ2) is 5.43. The van der Waals surface area contributed by atoms with Gasteiger partial charge in [-0.2, -0.15) is 0 Å². The van der Waals surface area contributed by atoms with E-state index in [0.29, 0.717) is 6.29 Å². The van der Waals surface area contributed by atoms with Gasteiger partial charge in [0.05, 0.1) is 6.20 Å². The number of carbonyl (C=O) groups is 2. The molecule has 0 atom stereocenters. The van der Waals surface area contributed by atoms with Crippen LogP contribution in [-0.2, 0) is 11.3 Å². The number of amides is 1. The number of anilines is 1. The number of aldehydes is 1. The zero-order valence-electron chi connectivity index (χ0n) is 10.8. The summed E-state index contributed by atoms with van der Waals surface area (Å²) in [7, 11) is 0. The number of carbonyl (C=O) groups excluding carboxylic acids is 2. The molecule has 0 spiro atoms. The van der Waals surface area contributed by atoms with Gasteiger partial charge >= 0.3 is 0 Å². The Labute approximate surface area is 110 Å². The molecular weight excluding hydrogens is 244 g/mol. The minimum atomic E-state index is -0.217. The second-order valence-electron chi connectivity index (χ2n) is 4.31. The van der Waals surface area contributed by atoms with Crippen molar-refractivity contribution in [3.8, 4) is 0 Å². The fourth-order valence-electron chi connectivity index (χ4n) is 1.61. The van der Waals surface area contributed by atoms with Crippen LogP contribution < -0.4 is 5.32 Å². The molecule has 2 aromatic rings. The number of hydrogen-bond donors (Lipinski definition) is 1. The smallest absolute Gasteiger partial charge is 0.246 e. The Kier molecular flexibility index (Phi) is 3.70. The first-order chi connectivity index (χ1) is 9.08. The maximum atomic E-state index is 11.8. The fraction of sp³-hybridized carbons (Fsp3) is 0.231. The van der Waals surface area contributed by atoms with Gasteiger partial charge in [0, 0.05) is 5.69 Å². The van der Waals surface area contributed by atoms with Crippen molar-refractivity contribution in [3.63, 3.8) is 0 Å². The molecule has 1 N–H and O–H groups in total. The van der Waals surface area contributed by atoms with Crippen LogP contribution in [0, 0.1) is 13.8 Å². The van der Waals surface area contributed by atoms with Crippen LogP contribution in [0.4, 0.5) is 5.69 Å². The van der Waals surface area contributed by atoms with Crippen molar-refractivity contribution in [2.24, 2.45) is 0 Å². The summed E-state index contributed by atoms with van der Waals surface area (Å²) >= 11 is 0. The van der Waals surface area contributed by atoms with Gasteiger partial charge in [0.1, 0.15) is 12.2 Å². The SMILES string of the molecule is Cc1ccc(NC(=O)Cn2cc(C=O)nn2)cc1C. The van der Waals surface area contributed by atoms with Crippen LogP contribution in [0.5, 0.6) is 0 Å². The van der Waals surface area contributed by atoms with E-state index in [1.54, 1.807) is 0 Å². The van der Waals surface area contributed by atoms with Crippen LogP contribution in [0.15, 0.2) is 24.4 Å². The van der Waals surface area contributed by atoms with Crippen LogP contribution in [-0.4, -0.2) is 27.2 Å². The summed E-state index contributed by atoms with van der Waals surface area (Å²) in [5.74, 6) is -0.217. The van der Waals surface area contributed by atoms with Gasteiger partial charge in [0.2, 0.25) is 5.91 Å². The highest BCUT2D eigenvalue weighted by atomic mass is 16.2. The average Bonchev–Trinajstić information content (AvgIpc) is 2.81. The molecule has 98 valence electrons. The van der Waals surface area contributed by atoms with E-state index < -0.39 is 0 Å². The van der Waals surface area contributed by atoms with E-state index in [2.05, 4.69) is 15.6 Å². The third-order valence-corrected chi connectivity index (χ3v) is 2.77. The van der Waals surface area contributed by atoms with Gasteiger partial charge in [0.15, 0.2) is 6.29 Å². The monoisotopic (exact) mass is 258 g/mol. The van der Waals surface area contributed by atoms with Crippen molar-refractivity contribution in [3.05, 3.63) is 41.2 Å². The molecule has 19 heavy (non-hydrogen) atoms. The Morgan fingerprint density at radius 1 is 1.37 bits per heavy atom. The molecule has 0 bridgehead atoms. The van der Waals surface area contributed by atoms with Crippen molar-refractivity contribution in [2.45, 2.75) is 20.4 Å². The highest BCUT2D eigenvalue weighted by Crippen LogP contribution is 2.14. The third kappa shape index (κ3) is 3.25. The molecule has 0 aliphatic heterocycles. The first-order valence-corrected chi connectivity index (χ1v) is 5.81. The number of benzene rings is 1. The predicted octanol–water partition coefficient (Wildman–Crippen LogP) is 1.35. The minimum Gasteiger partial charge on any atom is -0.324 e. The van der Waals surface area contributed by atoms with E-state index in [4.69, 9.17) is 0 Å². The molecular formula is C13H14N4O2. The Morgan fingerprint density at radius 3 is 2.79 bits per heavy atom. The molecule has 0 aliphatic rings. The molecule has 6 nitrogen and oxygen atoms in total. The van der Waals surface area contributed by atoms with E-state index in [1.807, 2.05) is 32.0 Å². The predicted molar refractivity (Wildman–Crippen MR) is 70.0 cm³/mol. The lowest BCUT2D eigenvalue weighted by Gasteiger charge is -2.07. The summed E-state index contributed by atoms with van der Waals surface area (Å²) < 4.78 is 1.32. The van der Waals surface area contributed by atoms with Crippen molar-refractivity contribution >= 4 is 17.9 Å². The summed E-state index contributed by atoms with van der Waals surface area (Å²) in [5, 5.41) is 10.0. The highest BCUT2D eigenvalue weighted by molar-refractivity contribution is 5.90. The van der Waals surface area contributed by atoms with E-state index in [9.17, 15) is 9.59 Å². The molecule has 0 radical (unpaired) electrons. The van der Waals surface area contributed by atoms with Crippen LogP contribution in [0.3, 0.4) is 0 Å². The van der Waals surface area contributed by atoms with Crippen molar-refractivity contribution in [1.29, 1.82) is 0 Å². The van der Waals surface area contributed by atoms with Gasteiger partial charge in [-0.15, -0.1) is 5.10 Å². The summed E-state index contributed by atoms with van der Waals surface area (Å²) in [5.41, 5.74) is 3.23. The average molecular weight is 258 g/mol. The summed E-state index contributed by atoms with van der Waals surface area (Å²) in [6, 6.07) is 5.70. The fourth-order valence-corrected chi connectivity index (χ4v) is 1.61. The van der Waals surface area contributed by atoms with Gasteiger partial charge in [-0.05, 0) is 37.1 Å². The first kappa shape index (κ1) is 12.9. The lowest BCUT2D eigenvalue weighted by Crippen LogP contribution is -2.19. The largest absolute Gasteiger partial charge is 0.324 e. The number of aryl methyl sites for hydroxylation is 2. The normalized spacial score (nSPS) is 10.2. The van der Waals surface area contributed by atoms with E-state index in [0.717, 1.165) is 11.3 Å². The lowest BCUT2D eigenvalue weighted by molar-refractivity contribution is -0.116. The highest BCUT2D eigenvalue weighted by Gasteiger charge is 2.06. The van der Waals surface area contributed by atoms with Gasteiger partial charge in [-0.25, -0.2) is 4.68 Å². The maximum Gasteiger partial charge on any atom is 0.246 e. The minimum absolute atomic E-state index is 0.0216. The van der Waals surface area contributed by atoms with Gasteiger partial charge in [-0.1, -0.05) is 11.3 Å². The molecule has 1 aromatic heterocycles. The molecule has 0 fully saturated rings. The molecule has 0 saturated heterocycles. The van der Waals surface area contributed by atoms with Crippen LogP contribution >= 0.6 is 0 Å². The Morgan fingerprint density at radius 2 is 2.16 bits per heavy atom. The quantitative estimate of drug-likeness (QED) is 0.840. The van der Waals surface area contributed by atoms with Gasteiger partial charge < -0.3 is 5.32 Å². The number of nitrogens with one attached hydrogen (secondary N) is 1. The van der Waals surface area contributed by atoms with Crippen LogP contribution in [0.25, 0.3) is 0 Å². The Balaban J connectivity index is 2.00. The zero-order chi connectivity index (χ0) is 13.8. The molecule has 0 aliphatic carbocycles. The Bertz CT molecular complexity index is 619. The van der Waals surface area contributed by atoms with Crippen molar-refractivity contribution < 1.29 is 9.59 Å². The summed E-state index contributed by atoms with van der Waals surface area (Å²) in [6.45, 7) is 4.02.